The molecule has 16 heavy (non-hydrogen) atoms. The van der Waals surface area contributed by atoms with Gasteiger partial charge in [0.25, 0.3) is 0 Å². The summed E-state index contributed by atoms with van der Waals surface area (Å²) in [6, 6.07) is 7.99. The Bertz CT molecular complexity index is 395. The van der Waals surface area contributed by atoms with Gasteiger partial charge in [-0.2, -0.15) is 5.26 Å². The summed E-state index contributed by atoms with van der Waals surface area (Å²) in [5, 5.41) is 12.2. The number of hydrogen-bond donors (Lipinski definition) is 1. The monoisotopic (exact) mass is 218 g/mol. The zero-order valence-electron chi connectivity index (χ0n) is 10.2. The van der Waals surface area contributed by atoms with Gasteiger partial charge in [0.1, 0.15) is 0 Å². The molecule has 0 aromatic heterocycles. The van der Waals surface area contributed by atoms with Crippen molar-refractivity contribution in [2.24, 2.45) is 0 Å². The summed E-state index contributed by atoms with van der Waals surface area (Å²) in [6.45, 7) is 6.10. The van der Waals surface area contributed by atoms with Crippen LogP contribution >= 0.6 is 0 Å². The molecule has 0 aliphatic heterocycles. The molecule has 0 aliphatic rings. The van der Waals surface area contributed by atoms with Crippen LogP contribution in [0.4, 0.5) is 5.69 Å². The lowest BCUT2D eigenvalue weighted by molar-refractivity contribution is 0.106. The molecule has 3 nitrogen and oxygen atoms in total. The van der Waals surface area contributed by atoms with Crippen LogP contribution in [-0.4, -0.2) is 19.3 Å². The fraction of sp³-hybridized carbons (Fsp3) is 0.462. The van der Waals surface area contributed by atoms with Crippen LogP contribution in [0.5, 0.6) is 0 Å². The van der Waals surface area contributed by atoms with Gasteiger partial charge in [0, 0.05) is 18.8 Å². The van der Waals surface area contributed by atoms with Crippen LogP contribution in [0.1, 0.15) is 25.0 Å². The zero-order chi connectivity index (χ0) is 12.1. The van der Waals surface area contributed by atoms with E-state index in [4.69, 9.17) is 10.00 Å². The molecular weight excluding hydrogens is 200 g/mol. The van der Waals surface area contributed by atoms with Crippen LogP contribution in [-0.2, 0) is 4.74 Å². The van der Waals surface area contributed by atoms with Gasteiger partial charge in [-0.05, 0) is 38.5 Å². The van der Waals surface area contributed by atoms with Crippen molar-refractivity contribution in [2.45, 2.75) is 32.9 Å². The molecule has 0 bridgehead atoms. The summed E-state index contributed by atoms with van der Waals surface area (Å²) in [5.74, 6) is 0. The van der Waals surface area contributed by atoms with E-state index in [1.54, 1.807) is 7.11 Å². The molecular formula is C13H18N2O. The highest BCUT2D eigenvalue weighted by Crippen LogP contribution is 2.18. The molecule has 0 radical (unpaired) electrons. The summed E-state index contributed by atoms with van der Waals surface area (Å²) in [5.41, 5.74) is 2.80. The van der Waals surface area contributed by atoms with E-state index in [1.807, 2.05) is 32.0 Å². The number of hydrogen-bond acceptors (Lipinski definition) is 3. The summed E-state index contributed by atoms with van der Waals surface area (Å²) >= 11 is 0. The van der Waals surface area contributed by atoms with Gasteiger partial charge in [0.2, 0.25) is 0 Å². The quantitative estimate of drug-likeness (QED) is 0.845. The van der Waals surface area contributed by atoms with Crippen LogP contribution in [0.25, 0.3) is 0 Å². The van der Waals surface area contributed by atoms with Gasteiger partial charge in [-0.15, -0.1) is 0 Å². The Morgan fingerprint density at radius 3 is 2.62 bits per heavy atom. The summed E-state index contributed by atoms with van der Waals surface area (Å²) in [6.07, 6.45) is 0.130. The standard InChI is InChI=1S/C13H18N2O/c1-9-5-6-12(8-14)7-13(9)15-10(2)11(3)16-4/h5-7,10-11,15H,1-4H3. The van der Waals surface area contributed by atoms with E-state index in [2.05, 4.69) is 18.3 Å². The van der Waals surface area contributed by atoms with Crippen molar-refractivity contribution in [3.8, 4) is 6.07 Å². The third-order valence-corrected chi connectivity index (χ3v) is 2.83. The molecule has 1 rings (SSSR count). The van der Waals surface area contributed by atoms with E-state index in [0.29, 0.717) is 5.56 Å². The van der Waals surface area contributed by atoms with E-state index < -0.39 is 0 Å². The largest absolute Gasteiger partial charge is 0.380 e. The normalized spacial score (nSPS) is 13.9. The van der Waals surface area contributed by atoms with Crippen LogP contribution < -0.4 is 5.32 Å². The fourth-order valence-electron chi connectivity index (χ4n) is 1.41. The maximum atomic E-state index is 8.84. The van der Waals surface area contributed by atoms with Gasteiger partial charge in [-0.1, -0.05) is 6.07 Å². The molecule has 1 aromatic carbocycles. The highest BCUT2D eigenvalue weighted by atomic mass is 16.5. The maximum absolute atomic E-state index is 8.84. The number of nitrogens with one attached hydrogen (secondary N) is 1. The molecule has 0 heterocycles. The molecule has 0 aliphatic carbocycles. The molecule has 0 amide bonds. The Morgan fingerprint density at radius 1 is 1.38 bits per heavy atom. The minimum absolute atomic E-state index is 0.130. The summed E-state index contributed by atoms with van der Waals surface area (Å²) in [4.78, 5) is 0. The average molecular weight is 218 g/mol. The Balaban J connectivity index is 2.84. The van der Waals surface area contributed by atoms with Crippen LogP contribution in [0, 0.1) is 18.3 Å². The molecule has 0 fully saturated rings. The first kappa shape index (κ1) is 12.5. The first-order valence-electron chi connectivity index (χ1n) is 5.38. The lowest BCUT2D eigenvalue weighted by Gasteiger charge is -2.22. The van der Waals surface area contributed by atoms with Gasteiger partial charge >= 0.3 is 0 Å². The number of methoxy groups -OCH3 is 1. The molecule has 2 atom stereocenters. The van der Waals surface area contributed by atoms with Crippen molar-refractivity contribution in [2.75, 3.05) is 12.4 Å². The highest BCUT2D eigenvalue weighted by Gasteiger charge is 2.11. The zero-order valence-corrected chi connectivity index (χ0v) is 10.2. The Morgan fingerprint density at radius 2 is 2.06 bits per heavy atom. The molecule has 86 valence electrons. The molecule has 0 spiro atoms. The predicted octanol–water partition coefficient (Wildman–Crippen LogP) is 2.70. The number of benzene rings is 1. The van der Waals surface area contributed by atoms with Gasteiger partial charge in [-0.3, -0.25) is 0 Å². The van der Waals surface area contributed by atoms with Crippen molar-refractivity contribution < 1.29 is 4.74 Å². The second-order valence-corrected chi connectivity index (χ2v) is 4.02. The van der Waals surface area contributed by atoms with Gasteiger partial charge in [0.05, 0.1) is 17.7 Å². The maximum Gasteiger partial charge on any atom is 0.0992 e. The predicted molar refractivity (Wildman–Crippen MR) is 65.4 cm³/mol. The number of nitrogens with zero attached hydrogens (tertiary/aromatic N) is 1. The second kappa shape index (κ2) is 5.53. The molecule has 0 saturated heterocycles. The molecule has 2 unspecified atom stereocenters. The van der Waals surface area contributed by atoms with Gasteiger partial charge in [-0.25, -0.2) is 0 Å². The Kier molecular flexibility index (Phi) is 4.33. The molecule has 1 N–H and O–H groups in total. The van der Waals surface area contributed by atoms with Crippen LogP contribution in [0.15, 0.2) is 18.2 Å². The van der Waals surface area contributed by atoms with Crippen molar-refractivity contribution in [3.63, 3.8) is 0 Å². The van der Waals surface area contributed by atoms with E-state index >= 15 is 0 Å². The van der Waals surface area contributed by atoms with Gasteiger partial charge in [0.15, 0.2) is 0 Å². The third kappa shape index (κ3) is 2.98. The van der Waals surface area contributed by atoms with Gasteiger partial charge < -0.3 is 10.1 Å². The van der Waals surface area contributed by atoms with Crippen molar-refractivity contribution in [1.82, 2.24) is 0 Å². The van der Waals surface area contributed by atoms with Crippen LogP contribution in [0.3, 0.4) is 0 Å². The van der Waals surface area contributed by atoms with E-state index in [9.17, 15) is 0 Å². The lowest BCUT2D eigenvalue weighted by atomic mass is 10.1. The number of aryl methyl sites for hydroxylation is 1. The first-order valence-corrected chi connectivity index (χ1v) is 5.38. The van der Waals surface area contributed by atoms with E-state index in [-0.39, 0.29) is 12.1 Å². The first-order chi connectivity index (χ1) is 7.58. The number of ether oxygens (including phenoxy) is 1. The Hall–Kier alpha value is -1.53. The lowest BCUT2D eigenvalue weighted by Crippen LogP contribution is -2.29. The highest BCUT2D eigenvalue weighted by molar-refractivity contribution is 5.55. The third-order valence-electron chi connectivity index (χ3n) is 2.83. The fourth-order valence-corrected chi connectivity index (χ4v) is 1.41. The molecule has 3 heteroatoms. The number of nitriles is 1. The van der Waals surface area contributed by atoms with E-state index in [1.165, 1.54) is 0 Å². The molecule has 0 saturated carbocycles. The summed E-state index contributed by atoms with van der Waals surface area (Å²) in [7, 11) is 1.70. The molecule has 1 aromatic rings. The topological polar surface area (TPSA) is 45.0 Å². The number of anilines is 1. The van der Waals surface area contributed by atoms with Crippen molar-refractivity contribution in [1.29, 1.82) is 5.26 Å². The number of rotatable bonds is 4. The second-order valence-electron chi connectivity index (χ2n) is 4.02. The average Bonchev–Trinajstić information content (AvgIpc) is 2.30. The minimum Gasteiger partial charge on any atom is -0.380 e. The SMILES string of the molecule is COC(C)C(C)Nc1cc(C#N)ccc1C. The van der Waals surface area contributed by atoms with Crippen LogP contribution in [0.2, 0.25) is 0 Å². The van der Waals surface area contributed by atoms with Crippen molar-refractivity contribution in [3.05, 3.63) is 29.3 Å². The Labute approximate surface area is 97.0 Å². The smallest absolute Gasteiger partial charge is 0.0992 e. The minimum atomic E-state index is 0.130. The summed E-state index contributed by atoms with van der Waals surface area (Å²) < 4.78 is 5.25. The van der Waals surface area contributed by atoms with Crippen molar-refractivity contribution >= 4 is 5.69 Å². The van der Waals surface area contributed by atoms with E-state index in [0.717, 1.165) is 11.3 Å².